The molecule has 0 spiro atoms. The van der Waals surface area contributed by atoms with Crippen LogP contribution < -0.4 is 4.74 Å². The average molecular weight is 379 g/mol. The Bertz CT molecular complexity index is 696. The highest BCUT2D eigenvalue weighted by molar-refractivity contribution is 9.10. The van der Waals surface area contributed by atoms with Gasteiger partial charge in [-0.3, -0.25) is 4.79 Å². The Morgan fingerprint density at radius 3 is 2.57 bits per heavy atom. The molecule has 0 aliphatic carbocycles. The van der Waals surface area contributed by atoms with E-state index in [-0.39, 0.29) is 11.6 Å². The summed E-state index contributed by atoms with van der Waals surface area (Å²) in [5.41, 5.74) is 1.30. The molecule has 5 heteroatoms. The SMILES string of the molecule is COCCOc1ccc(C(=O)/C=C/c2ccc(F)c(Br)c2)cc1. The zero-order valence-corrected chi connectivity index (χ0v) is 14.2. The number of ketones is 1. The molecule has 0 N–H and O–H groups in total. The molecule has 0 radical (unpaired) electrons. The second-order valence-electron chi connectivity index (χ2n) is 4.74. The fourth-order valence-electron chi connectivity index (χ4n) is 1.84. The van der Waals surface area contributed by atoms with Crippen molar-refractivity contribution < 1.29 is 18.7 Å². The summed E-state index contributed by atoms with van der Waals surface area (Å²) in [5, 5.41) is 0. The molecule has 2 rings (SSSR count). The minimum atomic E-state index is -0.336. The van der Waals surface area contributed by atoms with E-state index in [0.29, 0.717) is 29.0 Å². The van der Waals surface area contributed by atoms with E-state index in [2.05, 4.69) is 15.9 Å². The summed E-state index contributed by atoms with van der Waals surface area (Å²) in [4.78, 5) is 12.1. The number of allylic oxidation sites excluding steroid dienone is 1. The average Bonchev–Trinajstić information content (AvgIpc) is 2.56. The van der Waals surface area contributed by atoms with Gasteiger partial charge in [0, 0.05) is 12.7 Å². The smallest absolute Gasteiger partial charge is 0.185 e. The van der Waals surface area contributed by atoms with Crippen molar-refractivity contribution in [3.05, 3.63) is 70.0 Å². The molecule has 0 aliphatic heterocycles. The van der Waals surface area contributed by atoms with Crippen LogP contribution >= 0.6 is 15.9 Å². The van der Waals surface area contributed by atoms with Gasteiger partial charge in [0.15, 0.2) is 5.78 Å². The van der Waals surface area contributed by atoms with E-state index in [4.69, 9.17) is 9.47 Å². The van der Waals surface area contributed by atoms with Gasteiger partial charge in [0.05, 0.1) is 11.1 Å². The molecular weight excluding hydrogens is 363 g/mol. The fraction of sp³-hybridized carbons (Fsp3) is 0.167. The van der Waals surface area contributed by atoms with Gasteiger partial charge in [-0.25, -0.2) is 4.39 Å². The molecule has 120 valence electrons. The lowest BCUT2D eigenvalue weighted by Gasteiger charge is -2.05. The highest BCUT2D eigenvalue weighted by atomic mass is 79.9. The predicted octanol–water partition coefficient (Wildman–Crippen LogP) is 4.51. The molecular formula is C18H16BrFO3. The van der Waals surface area contributed by atoms with Crippen LogP contribution in [0.5, 0.6) is 5.75 Å². The summed E-state index contributed by atoms with van der Waals surface area (Å²) in [5.74, 6) is 0.219. The Hall–Kier alpha value is -1.98. The molecule has 0 bridgehead atoms. The highest BCUT2D eigenvalue weighted by Gasteiger charge is 2.03. The monoisotopic (exact) mass is 378 g/mol. The van der Waals surface area contributed by atoms with Gasteiger partial charge in [0.2, 0.25) is 0 Å². The van der Waals surface area contributed by atoms with Crippen molar-refractivity contribution in [3.63, 3.8) is 0 Å². The predicted molar refractivity (Wildman–Crippen MR) is 91.3 cm³/mol. The van der Waals surface area contributed by atoms with Crippen molar-refractivity contribution in [1.82, 2.24) is 0 Å². The number of hydrogen-bond donors (Lipinski definition) is 0. The Morgan fingerprint density at radius 2 is 1.91 bits per heavy atom. The van der Waals surface area contributed by atoms with E-state index >= 15 is 0 Å². The molecule has 0 saturated carbocycles. The van der Waals surface area contributed by atoms with Crippen molar-refractivity contribution in [1.29, 1.82) is 0 Å². The summed E-state index contributed by atoms with van der Waals surface area (Å²) >= 11 is 3.12. The van der Waals surface area contributed by atoms with Crippen molar-refractivity contribution >= 4 is 27.8 Å². The number of methoxy groups -OCH3 is 1. The van der Waals surface area contributed by atoms with Crippen LogP contribution in [0.2, 0.25) is 0 Å². The minimum absolute atomic E-state index is 0.131. The molecule has 2 aromatic rings. The van der Waals surface area contributed by atoms with Gasteiger partial charge in [-0.2, -0.15) is 0 Å². The van der Waals surface area contributed by atoms with Crippen molar-refractivity contribution in [2.24, 2.45) is 0 Å². The van der Waals surface area contributed by atoms with Crippen molar-refractivity contribution in [2.45, 2.75) is 0 Å². The maximum absolute atomic E-state index is 13.2. The topological polar surface area (TPSA) is 35.5 Å². The normalized spacial score (nSPS) is 10.9. The lowest BCUT2D eigenvalue weighted by atomic mass is 10.1. The lowest BCUT2D eigenvalue weighted by Crippen LogP contribution is -2.04. The number of halogens is 2. The number of hydrogen-bond acceptors (Lipinski definition) is 3. The molecule has 3 nitrogen and oxygen atoms in total. The Labute approximate surface area is 142 Å². The number of benzene rings is 2. The van der Waals surface area contributed by atoms with Gasteiger partial charge < -0.3 is 9.47 Å². The number of ether oxygens (including phenoxy) is 2. The molecule has 23 heavy (non-hydrogen) atoms. The largest absolute Gasteiger partial charge is 0.491 e. The molecule has 0 fully saturated rings. The summed E-state index contributed by atoms with van der Waals surface area (Å²) in [6.07, 6.45) is 3.11. The molecule has 0 unspecified atom stereocenters. The third kappa shape index (κ3) is 5.30. The summed E-state index contributed by atoms with van der Waals surface area (Å²) in [6.45, 7) is 0.972. The first-order chi connectivity index (χ1) is 11.1. The van der Waals surface area contributed by atoms with E-state index in [1.54, 1.807) is 49.6 Å². The van der Waals surface area contributed by atoms with Crippen LogP contribution in [0.3, 0.4) is 0 Å². The molecule has 0 aliphatic rings. The first kappa shape index (κ1) is 17.4. The maximum atomic E-state index is 13.2. The Kier molecular flexibility index (Phi) is 6.50. The third-order valence-corrected chi connectivity index (χ3v) is 3.67. The van der Waals surface area contributed by atoms with E-state index in [1.165, 1.54) is 12.1 Å². The maximum Gasteiger partial charge on any atom is 0.185 e. The van der Waals surface area contributed by atoms with Crippen LogP contribution in [0.1, 0.15) is 15.9 Å². The van der Waals surface area contributed by atoms with Crippen molar-refractivity contribution in [2.75, 3.05) is 20.3 Å². The lowest BCUT2D eigenvalue weighted by molar-refractivity contribution is 0.104. The van der Waals surface area contributed by atoms with Gasteiger partial charge >= 0.3 is 0 Å². The van der Waals surface area contributed by atoms with Crippen LogP contribution in [-0.4, -0.2) is 26.1 Å². The van der Waals surface area contributed by atoms with Crippen molar-refractivity contribution in [3.8, 4) is 5.75 Å². The number of rotatable bonds is 7. The van der Waals surface area contributed by atoms with Gasteiger partial charge in [-0.15, -0.1) is 0 Å². The van der Waals surface area contributed by atoms with E-state index in [9.17, 15) is 9.18 Å². The van der Waals surface area contributed by atoms with E-state index in [1.807, 2.05) is 0 Å². The second-order valence-corrected chi connectivity index (χ2v) is 5.59. The van der Waals surface area contributed by atoms with E-state index in [0.717, 1.165) is 5.56 Å². The van der Waals surface area contributed by atoms with E-state index < -0.39 is 0 Å². The highest BCUT2D eigenvalue weighted by Crippen LogP contribution is 2.18. The Morgan fingerprint density at radius 1 is 1.17 bits per heavy atom. The first-order valence-corrected chi connectivity index (χ1v) is 7.78. The van der Waals surface area contributed by atoms with Gasteiger partial charge in [0.25, 0.3) is 0 Å². The molecule has 0 aromatic heterocycles. The fourth-order valence-corrected chi connectivity index (χ4v) is 2.24. The van der Waals surface area contributed by atoms with Crippen LogP contribution in [0.15, 0.2) is 53.0 Å². The standard InChI is InChI=1S/C18H16BrFO3/c1-22-10-11-23-15-6-4-14(5-7-15)18(21)9-3-13-2-8-17(20)16(19)12-13/h2-9,12H,10-11H2,1H3/b9-3+. The molecule has 0 saturated heterocycles. The number of carbonyl (C=O) groups excluding carboxylic acids is 1. The van der Waals surface area contributed by atoms with Gasteiger partial charge in [0.1, 0.15) is 18.2 Å². The van der Waals surface area contributed by atoms with Crippen LogP contribution in [0, 0.1) is 5.82 Å². The molecule has 0 atom stereocenters. The summed E-state index contributed by atoms with van der Waals surface area (Å²) < 4.78 is 23.9. The summed E-state index contributed by atoms with van der Waals surface area (Å²) in [7, 11) is 1.61. The summed E-state index contributed by atoms with van der Waals surface area (Å²) in [6, 6.07) is 11.5. The quantitative estimate of drug-likeness (QED) is 0.404. The zero-order valence-electron chi connectivity index (χ0n) is 12.6. The molecule has 2 aromatic carbocycles. The van der Waals surface area contributed by atoms with Gasteiger partial charge in [-0.05, 0) is 64.0 Å². The zero-order chi connectivity index (χ0) is 16.7. The second kappa shape index (κ2) is 8.60. The number of carbonyl (C=O) groups is 1. The van der Waals surface area contributed by atoms with Crippen LogP contribution in [0.25, 0.3) is 6.08 Å². The third-order valence-electron chi connectivity index (χ3n) is 3.07. The van der Waals surface area contributed by atoms with Crippen LogP contribution in [0.4, 0.5) is 4.39 Å². The molecule has 0 heterocycles. The first-order valence-electron chi connectivity index (χ1n) is 6.99. The minimum Gasteiger partial charge on any atom is -0.491 e. The van der Waals surface area contributed by atoms with Crippen LogP contribution in [-0.2, 0) is 4.74 Å². The molecule has 0 amide bonds. The Balaban J connectivity index is 1.99. The van der Waals surface area contributed by atoms with Gasteiger partial charge in [-0.1, -0.05) is 12.1 Å².